The number of fused-ring (bicyclic) bond motifs is 2. The molecule has 0 unspecified atom stereocenters. The van der Waals surface area contributed by atoms with E-state index in [0.717, 1.165) is 0 Å². The van der Waals surface area contributed by atoms with Crippen LogP contribution in [-0.4, -0.2) is 45.6 Å². The minimum absolute atomic E-state index is 0.0748. The molecule has 0 spiro atoms. The van der Waals surface area contributed by atoms with Crippen molar-refractivity contribution in [1.82, 2.24) is 9.55 Å². The Balaban J connectivity index is 2.00. The number of aliphatic hydroxyl groups excluding tert-OH is 1. The Bertz CT molecular complexity index is 735. The summed E-state index contributed by atoms with van der Waals surface area (Å²) in [5.74, 6) is 0. The summed E-state index contributed by atoms with van der Waals surface area (Å²) in [5.41, 5.74) is 6.45. The van der Waals surface area contributed by atoms with Crippen LogP contribution in [0.15, 0.2) is 20.9 Å². The largest absolute Gasteiger partial charge is 0.387 e. The number of hydrogen-bond acceptors (Lipinski definition) is 6. The van der Waals surface area contributed by atoms with Crippen LogP contribution >= 0.6 is 0 Å². The number of aryl methyl sites for hydroxylation is 1. The van der Waals surface area contributed by atoms with Crippen LogP contribution in [0.4, 0.5) is 0 Å². The normalized spacial score (nSPS) is 33.9. The highest BCUT2D eigenvalue weighted by Crippen LogP contribution is 2.44. The number of aromatic amines is 1. The van der Waals surface area contributed by atoms with Gasteiger partial charge in [-0.05, 0) is 12.5 Å². The van der Waals surface area contributed by atoms with Crippen molar-refractivity contribution >= 4 is 0 Å². The fourth-order valence-electron chi connectivity index (χ4n) is 2.68. The lowest BCUT2D eigenvalue weighted by Crippen LogP contribution is -2.44. The average molecular weight is 295 g/mol. The maximum absolute atomic E-state index is 11.9. The standard InChI is InChI=1S/C11H13N5O5/c1-5-2-16(10(19)14-8(5)18)9-6-7(17)11(21-9,4-20-6)3-13-15-12/h2,6-7,9,17H,3-4H2,1H3,(H,14,18,19)/t6-,7+,9-,11+/m1/s1. The molecule has 2 bridgehead atoms. The smallest absolute Gasteiger partial charge is 0.330 e. The molecule has 10 heteroatoms. The predicted molar refractivity (Wildman–Crippen MR) is 68.7 cm³/mol. The highest BCUT2D eigenvalue weighted by Gasteiger charge is 2.61. The number of H-pyrrole nitrogens is 1. The zero-order valence-corrected chi connectivity index (χ0v) is 11.1. The molecule has 0 saturated carbocycles. The Kier molecular flexibility index (Phi) is 3.10. The molecule has 2 aliphatic rings. The lowest BCUT2D eigenvalue weighted by atomic mass is 10.00. The first kappa shape index (κ1) is 13.8. The molecule has 3 rings (SSSR count). The number of azide groups is 1. The van der Waals surface area contributed by atoms with Crippen molar-refractivity contribution in [2.45, 2.75) is 31.0 Å². The SMILES string of the molecule is Cc1cn([C@@H]2O[C@@]3(CN=[N+]=[N-])CO[C@@H]2[C@@H]3O)c(=O)[nH]c1=O. The zero-order valence-electron chi connectivity index (χ0n) is 11.1. The summed E-state index contributed by atoms with van der Waals surface area (Å²) in [4.78, 5) is 28.1. The van der Waals surface area contributed by atoms with E-state index in [1.165, 1.54) is 10.8 Å². The number of ether oxygens (including phenoxy) is 2. The number of aromatic nitrogens is 2. The van der Waals surface area contributed by atoms with Crippen LogP contribution < -0.4 is 11.2 Å². The van der Waals surface area contributed by atoms with E-state index in [9.17, 15) is 14.7 Å². The number of rotatable bonds is 3. The molecule has 0 radical (unpaired) electrons. The van der Waals surface area contributed by atoms with Crippen molar-refractivity contribution < 1.29 is 14.6 Å². The van der Waals surface area contributed by atoms with Crippen LogP contribution in [0.3, 0.4) is 0 Å². The van der Waals surface area contributed by atoms with Crippen molar-refractivity contribution in [2.75, 3.05) is 13.2 Å². The Labute approximate surface area is 117 Å². The number of hydrogen-bond donors (Lipinski definition) is 2. The Morgan fingerprint density at radius 2 is 2.43 bits per heavy atom. The molecule has 0 amide bonds. The molecular formula is C11H13N5O5. The van der Waals surface area contributed by atoms with Gasteiger partial charge in [0.1, 0.15) is 17.8 Å². The fraction of sp³-hybridized carbons (Fsp3) is 0.636. The van der Waals surface area contributed by atoms with Crippen LogP contribution in [0.5, 0.6) is 0 Å². The Morgan fingerprint density at radius 1 is 1.67 bits per heavy atom. The van der Waals surface area contributed by atoms with E-state index in [0.29, 0.717) is 5.56 Å². The second kappa shape index (κ2) is 4.71. The first-order valence-electron chi connectivity index (χ1n) is 6.29. The van der Waals surface area contributed by atoms with Crippen molar-refractivity contribution in [3.63, 3.8) is 0 Å². The fourth-order valence-corrected chi connectivity index (χ4v) is 2.68. The maximum Gasteiger partial charge on any atom is 0.330 e. The van der Waals surface area contributed by atoms with E-state index in [2.05, 4.69) is 15.0 Å². The summed E-state index contributed by atoms with van der Waals surface area (Å²) in [6, 6.07) is 0. The van der Waals surface area contributed by atoms with E-state index >= 15 is 0 Å². The summed E-state index contributed by atoms with van der Waals surface area (Å²) >= 11 is 0. The second-order valence-electron chi connectivity index (χ2n) is 5.16. The second-order valence-corrected chi connectivity index (χ2v) is 5.16. The Morgan fingerprint density at radius 3 is 3.14 bits per heavy atom. The highest BCUT2D eigenvalue weighted by molar-refractivity contribution is 5.10. The third-order valence-electron chi connectivity index (χ3n) is 3.83. The minimum Gasteiger partial charge on any atom is -0.387 e. The molecule has 1 aromatic rings. The lowest BCUT2D eigenvalue weighted by molar-refractivity contribution is -0.170. The predicted octanol–water partition coefficient (Wildman–Crippen LogP) is -0.817. The molecule has 3 heterocycles. The summed E-state index contributed by atoms with van der Waals surface area (Å²) < 4.78 is 12.3. The first-order valence-corrected chi connectivity index (χ1v) is 6.29. The molecule has 10 nitrogen and oxygen atoms in total. The van der Waals surface area contributed by atoms with Crippen LogP contribution in [0, 0.1) is 6.92 Å². The van der Waals surface area contributed by atoms with Crippen molar-refractivity contribution in [2.24, 2.45) is 5.11 Å². The lowest BCUT2D eigenvalue weighted by Gasteiger charge is -2.30. The molecule has 1 aromatic heterocycles. The van der Waals surface area contributed by atoms with Crippen LogP contribution in [0.1, 0.15) is 11.8 Å². The van der Waals surface area contributed by atoms with Crippen molar-refractivity contribution in [1.29, 1.82) is 0 Å². The van der Waals surface area contributed by atoms with Crippen LogP contribution in [0.2, 0.25) is 0 Å². The van der Waals surface area contributed by atoms with Crippen molar-refractivity contribution in [3.8, 4) is 0 Å². The first-order chi connectivity index (χ1) is 9.98. The zero-order chi connectivity index (χ0) is 15.2. The maximum atomic E-state index is 11.9. The van der Waals surface area contributed by atoms with E-state index in [1.807, 2.05) is 0 Å². The van der Waals surface area contributed by atoms with E-state index in [-0.39, 0.29) is 13.2 Å². The molecule has 2 N–H and O–H groups in total. The quantitative estimate of drug-likeness (QED) is 0.425. The third-order valence-corrected chi connectivity index (χ3v) is 3.83. The number of nitrogens with one attached hydrogen (secondary N) is 1. The van der Waals surface area contributed by atoms with Gasteiger partial charge in [-0.3, -0.25) is 14.3 Å². The van der Waals surface area contributed by atoms with Gasteiger partial charge in [0.05, 0.1) is 13.2 Å². The molecule has 2 aliphatic heterocycles. The summed E-state index contributed by atoms with van der Waals surface area (Å²) in [6.45, 7) is 1.52. The molecule has 0 aromatic carbocycles. The van der Waals surface area contributed by atoms with E-state index in [1.54, 1.807) is 6.92 Å². The third kappa shape index (κ3) is 1.96. The van der Waals surface area contributed by atoms with Crippen molar-refractivity contribution in [3.05, 3.63) is 43.0 Å². The van der Waals surface area contributed by atoms with E-state index in [4.69, 9.17) is 15.0 Å². The Hall–Kier alpha value is -2.13. The topological polar surface area (TPSA) is 142 Å². The molecule has 2 fully saturated rings. The summed E-state index contributed by atoms with van der Waals surface area (Å²) in [7, 11) is 0. The van der Waals surface area contributed by atoms with Gasteiger partial charge in [0, 0.05) is 16.7 Å². The number of aliphatic hydroxyl groups is 1. The van der Waals surface area contributed by atoms with Gasteiger partial charge in [0.25, 0.3) is 5.56 Å². The molecule has 21 heavy (non-hydrogen) atoms. The van der Waals surface area contributed by atoms with E-state index < -0.39 is 35.3 Å². The monoisotopic (exact) mass is 295 g/mol. The summed E-state index contributed by atoms with van der Waals surface area (Å²) in [5, 5.41) is 13.7. The molecule has 2 saturated heterocycles. The average Bonchev–Trinajstić information content (AvgIpc) is 2.91. The molecule has 0 aliphatic carbocycles. The molecular weight excluding hydrogens is 282 g/mol. The van der Waals surface area contributed by atoms with Gasteiger partial charge in [0.2, 0.25) is 0 Å². The van der Waals surface area contributed by atoms with Gasteiger partial charge < -0.3 is 14.6 Å². The van der Waals surface area contributed by atoms with Crippen LogP contribution in [-0.2, 0) is 9.47 Å². The minimum atomic E-state index is -1.16. The van der Waals surface area contributed by atoms with Gasteiger partial charge in [-0.2, -0.15) is 0 Å². The van der Waals surface area contributed by atoms with Gasteiger partial charge in [-0.1, -0.05) is 5.11 Å². The van der Waals surface area contributed by atoms with Gasteiger partial charge in [-0.25, -0.2) is 4.79 Å². The van der Waals surface area contributed by atoms with Gasteiger partial charge in [-0.15, -0.1) is 0 Å². The number of nitrogens with zero attached hydrogens (tertiary/aromatic N) is 4. The summed E-state index contributed by atoms with van der Waals surface area (Å²) in [6.07, 6.45) is -1.32. The molecule has 112 valence electrons. The molecule has 4 atom stereocenters. The van der Waals surface area contributed by atoms with Gasteiger partial charge in [0.15, 0.2) is 6.23 Å². The van der Waals surface area contributed by atoms with Gasteiger partial charge >= 0.3 is 5.69 Å². The van der Waals surface area contributed by atoms with Crippen LogP contribution in [0.25, 0.3) is 10.4 Å². The highest BCUT2D eigenvalue weighted by atomic mass is 16.6.